The molecule has 0 spiro atoms. The number of carbonyl (C=O) groups is 1. The van der Waals surface area contributed by atoms with Crippen LogP contribution in [0.2, 0.25) is 0 Å². The van der Waals surface area contributed by atoms with Gasteiger partial charge in [-0.3, -0.25) is 0 Å². The first kappa shape index (κ1) is 11.5. The molecule has 0 aliphatic heterocycles. The van der Waals surface area contributed by atoms with Gasteiger partial charge in [0.05, 0.1) is 7.11 Å². The van der Waals surface area contributed by atoms with E-state index in [1.807, 2.05) is 0 Å². The van der Waals surface area contributed by atoms with Crippen LogP contribution in [0.15, 0.2) is 23.6 Å². The van der Waals surface area contributed by atoms with Crippen LogP contribution in [0.3, 0.4) is 0 Å². The highest BCUT2D eigenvalue weighted by Crippen LogP contribution is 2.27. The number of methoxy groups -OCH3 is 1. The third-order valence-electron chi connectivity index (χ3n) is 2.12. The molecular weight excluding hydrogens is 245 g/mol. The second-order valence-electron chi connectivity index (χ2n) is 3.19. The van der Waals surface area contributed by atoms with E-state index in [2.05, 4.69) is 4.98 Å². The topological polar surface area (TPSA) is 59.4 Å². The van der Waals surface area contributed by atoms with Crippen molar-refractivity contribution in [2.75, 3.05) is 7.11 Å². The summed E-state index contributed by atoms with van der Waals surface area (Å²) in [5.41, 5.74) is 0.488. The Hall–Kier alpha value is -1.95. The lowest BCUT2D eigenvalue weighted by Gasteiger charge is -2.02. The third kappa shape index (κ3) is 2.26. The van der Waals surface area contributed by atoms with Crippen molar-refractivity contribution in [3.05, 3.63) is 35.1 Å². The van der Waals surface area contributed by atoms with Gasteiger partial charge < -0.3 is 9.84 Å². The molecule has 0 fully saturated rings. The van der Waals surface area contributed by atoms with Gasteiger partial charge in [0.15, 0.2) is 17.3 Å². The number of benzene rings is 1. The van der Waals surface area contributed by atoms with Gasteiger partial charge in [-0.15, -0.1) is 11.3 Å². The normalized spacial score (nSPS) is 10.2. The van der Waals surface area contributed by atoms with Crippen molar-refractivity contribution in [1.29, 1.82) is 0 Å². The molecule has 1 N–H and O–H groups in total. The fourth-order valence-electron chi connectivity index (χ4n) is 1.30. The molecule has 88 valence electrons. The van der Waals surface area contributed by atoms with Gasteiger partial charge in [0, 0.05) is 10.9 Å². The van der Waals surface area contributed by atoms with Crippen LogP contribution in [-0.2, 0) is 0 Å². The lowest BCUT2D eigenvalue weighted by molar-refractivity contribution is 0.0691. The monoisotopic (exact) mass is 253 g/mol. The van der Waals surface area contributed by atoms with Crippen LogP contribution >= 0.6 is 11.3 Å². The Bertz CT molecular complexity index is 568. The van der Waals surface area contributed by atoms with Crippen molar-refractivity contribution in [3.63, 3.8) is 0 Å². The highest BCUT2D eigenvalue weighted by molar-refractivity contribution is 7.13. The highest BCUT2D eigenvalue weighted by Gasteiger charge is 2.11. The smallest absolute Gasteiger partial charge is 0.355 e. The molecule has 0 atom stereocenters. The Labute approximate surface area is 100 Å². The molecule has 2 aromatic rings. The summed E-state index contributed by atoms with van der Waals surface area (Å²) in [6, 6.07) is 4.38. The van der Waals surface area contributed by atoms with Crippen LogP contribution in [0.4, 0.5) is 4.39 Å². The first-order chi connectivity index (χ1) is 8.11. The number of aromatic carboxylic acids is 1. The molecule has 0 bridgehead atoms. The molecule has 0 saturated carbocycles. The van der Waals surface area contributed by atoms with Crippen molar-refractivity contribution >= 4 is 17.3 Å². The molecule has 0 saturated heterocycles. The summed E-state index contributed by atoms with van der Waals surface area (Å²) in [7, 11) is 1.38. The first-order valence-electron chi connectivity index (χ1n) is 4.64. The van der Waals surface area contributed by atoms with Gasteiger partial charge in [-0.05, 0) is 18.2 Å². The zero-order chi connectivity index (χ0) is 12.4. The molecule has 2 rings (SSSR count). The van der Waals surface area contributed by atoms with Crippen LogP contribution in [0.5, 0.6) is 5.75 Å². The molecule has 4 nitrogen and oxygen atoms in total. The fraction of sp³-hybridized carbons (Fsp3) is 0.0909. The van der Waals surface area contributed by atoms with E-state index in [1.165, 1.54) is 24.6 Å². The second kappa shape index (κ2) is 4.50. The molecule has 0 unspecified atom stereocenters. The van der Waals surface area contributed by atoms with E-state index in [0.717, 1.165) is 11.3 Å². The zero-order valence-corrected chi connectivity index (χ0v) is 9.62. The van der Waals surface area contributed by atoms with E-state index in [1.54, 1.807) is 6.07 Å². The molecule has 0 amide bonds. The van der Waals surface area contributed by atoms with Crippen LogP contribution in [-0.4, -0.2) is 23.2 Å². The van der Waals surface area contributed by atoms with Gasteiger partial charge in [0.2, 0.25) is 0 Å². The lowest BCUT2D eigenvalue weighted by atomic mass is 10.2. The minimum absolute atomic E-state index is 0.0405. The molecule has 17 heavy (non-hydrogen) atoms. The summed E-state index contributed by atoms with van der Waals surface area (Å²) in [6.45, 7) is 0. The standard InChI is InChI=1S/C11H8FNO3S/c1-16-9-3-2-6(4-7(9)12)10-13-8(5-17-10)11(14)15/h2-5H,1H3,(H,14,15). The highest BCUT2D eigenvalue weighted by atomic mass is 32.1. The van der Waals surface area contributed by atoms with Crippen molar-refractivity contribution in [3.8, 4) is 16.3 Å². The molecule has 0 radical (unpaired) electrons. The van der Waals surface area contributed by atoms with Crippen LogP contribution in [0.1, 0.15) is 10.5 Å². The average Bonchev–Trinajstić information content (AvgIpc) is 2.78. The molecule has 0 aliphatic carbocycles. The summed E-state index contributed by atoms with van der Waals surface area (Å²) < 4.78 is 18.2. The van der Waals surface area contributed by atoms with Gasteiger partial charge in [0.25, 0.3) is 0 Å². The number of hydrogen-bond acceptors (Lipinski definition) is 4. The number of aromatic nitrogens is 1. The number of hydrogen-bond donors (Lipinski definition) is 1. The van der Waals surface area contributed by atoms with E-state index in [4.69, 9.17) is 9.84 Å². The molecule has 1 heterocycles. The lowest BCUT2D eigenvalue weighted by Crippen LogP contribution is -1.95. The largest absolute Gasteiger partial charge is 0.494 e. The summed E-state index contributed by atoms with van der Waals surface area (Å²) >= 11 is 1.15. The van der Waals surface area contributed by atoms with Crippen molar-refractivity contribution in [1.82, 2.24) is 4.98 Å². The Morgan fingerprint density at radius 1 is 1.53 bits per heavy atom. The maximum atomic E-state index is 13.4. The average molecular weight is 253 g/mol. The van der Waals surface area contributed by atoms with Crippen molar-refractivity contribution < 1.29 is 19.0 Å². The summed E-state index contributed by atoms with van der Waals surface area (Å²) in [6.07, 6.45) is 0. The van der Waals surface area contributed by atoms with Crippen molar-refractivity contribution in [2.45, 2.75) is 0 Å². The summed E-state index contributed by atoms with van der Waals surface area (Å²) in [5.74, 6) is -1.46. The molecule has 6 heteroatoms. The van der Waals surface area contributed by atoms with Crippen LogP contribution in [0.25, 0.3) is 10.6 Å². The van der Waals surface area contributed by atoms with Gasteiger partial charge in [-0.2, -0.15) is 0 Å². The number of thiazole rings is 1. The first-order valence-corrected chi connectivity index (χ1v) is 5.52. The van der Waals surface area contributed by atoms with E-state index in [0.29, 0.717) is 10.6 Å². The van der Waals surface area contributed by atoms with Crippen LogP contribution in [0, 0.1) is 5.82 Å². The maximum absolute atomic E-state index is 13.4. The predicted octanol–water partition coefficient (Wildman–Crippen LogP) is 2.66. The van der Waals surface area contributed by atoms with Gasteiger partial charge in [0.1, 0.15) is 5.01 Å². The Balaban J connectivity index is 2.39. The van der Waals surface area contributed by atoms with Crippen molar-refractivity contribution in [2.24, 2.45) is 0 Å². The third-order valence-corrected chi connectivity index (χ3v) is 3.01. The maximum Gasteiger partial charge on any atom is 0.355 e. The number of ether oxygens (including phenoxy) is 1. The number of rotatable bonds is 3. The Morgan fingerprint density at radius 3 is 2.82 bits per heavy atom. The summed E-state index contributed by atoms with van der Waals surface area (Å²) in [4.78, 5) is 14.6. The number of carboxylic acid groups (broad SMARTS) is 1. The van der Waals surface area contributed by atoms with E-state index in [-0.39, 0.29) is 11.4 Å². The zero-order valence-electron chi connectivity index (χ0n) is 8.81. The van der Waals surface area contributed by atoms with Gasteiger partial charge in [-0.1, -0.05) is 0 Å². The SMILES string of the molecule is COc1ccc(-c2nc(C(=O)O)cs2)cc1F. The minimum atomic E-state index is -1.10. The van der Waals surface area contributed by atoms with E-state index in [9.17, 15) is 9.18 Å². The molecule has 0 aliphatic rings. The van der Waals surface area contributed by atoms with Crippen LogP contribution < -0.4 is 4.74 Å². The summed E-state index contributed by atoms with van der Waals surface area (Å²) in [5, 5.41) is 10.6. The predicted molar refractivity (Wildman–Crippen MR) is 61.0 cm³/mol. The Kier molecular flexibility index (Phi) is 3.06. The van der Waals surface area contributed by atoms with Gasteiger partial charge >= 0.3 is 5.97 Å². The number of carboxylic acids is 1. The quantitative estimate of drug-likeness (QED) is 0.913. The molecular formula is C11H8FNO3S. The van der Waals surface area contributed by atoms with E-state index < -0.39 is 11.8 Å². The number of nitrogens with zero attached hydrogens (tertiary/aromatic N) is 1. The molecule has 1 aromatic carbocycles. The number of halogens is 1. The van der Waals surface area contributed by atoms with E-state index >= 15 is 0 Å². The molecule has 1 aromatic heterocycles. The fourth-order valence-corrected chi connectivity index (χ4v) is 2.09. The second-order valence-corrected chi connectivity index (χ2v) is 4.05. The van der Waals surface area contributed by atoms with Gasteiger partial charge in [-0.25, -0.2) is 14.2 Å². The minimum Gasteiger partial charge on any atom is -0.494 e. The Morgan fingerprint density at radius 2 is 2.29 bits per heavy atom.